The van der Waals surface area contributed by atoms with Crippen LogP contribution in [0.1, 0.15) is 271 Å². The van der Waals surface area contributed by atoms with Crippen molar-refractivity contribution < 1.29 is 32.9 Å². The Morgan fingerprint density at radius 3 is 1.13 bits per heavy atom. The van der Waals surface area contributed by atoms with Crippen molar-refractivity contribution in [1.29, 1.82) is 0 Å². The van der Waals surface area contributed by atoms with Crippen molar-refractivity contribution in [3.63, 3.8) is 0 Å². The molecule has 0 heterocycles. The van der Waals surface area contributed by atoms with E-state index in [2.05, 4.69) is 116 Å². The fourth-order valence-electron chi connectivity index (χ4n) is 9.00. The highest BCUT2D eigenvalue weighted by Crippen LogP contribution is 2.43. The predicted molar refractivity (Wildman–Crippen MR) is 341 cm³/mol. The zero-order chi connectivity index (χ0) is 57.0. The highest BCUT2D eigenvalue weighted by atomic mass is 31.2. The van der Waals surface area contributed by atoms with E-state index in [0.717, 1.165) is 103 Å². The monoisotopic (exact) mass is 1110 g/mol. The predicted octanol–water partition coefficient (Wildman–Crippen LogP) is 20.3. The lowest BCUT2D eigenvalue weighted by atomic mass is 10.0. The molecule has 0 aromatic heterocycles. The fourth-order valence-corrected chi connectivity index (χ4v) is 9.74. The molecule has 0 aliphatic rings. The number of nitrogens with one attached hydrogen (secondary N) is 1. The van der Waals surface area contributed by atoms with Crippen LogP contribution in [0.25, 0.3) is 0 Å². The minimum atomic E-state index is -4.37. The van der Waals surface area contributed by atoms with Gasteiger partial charge >= 0.3 is 7.82 Å². The highest BCUT2D eigenvalue weighted by molar-refractivity contribution is 7.47. The van der Waals surface area contributed by atoms with Crippen LogP contribution in [0.5, 0.6) is 0 Å². The minimum Gasteiger partial charge on any atom is -0.387 e. The summed E-state index contributed by atoms with van der Waals surface area (Å²) in [5.41, 5.74) is 0. The number of hydrogen-bond acceptors (Lipinski definition) is 5. The van der Waals surface area contributed by atoms with Gasteiger partial charge in [0.25, 0.3) is 0 Å². The number of phosphoric acid groups is 1. The largest absolute Gasteiger partial charge is 0.472 e. The average Bonchev–Trinajstić information content (AvgIpc) is 3.41. The van der Waals surface area contributed by atoms with Crippen LogP contribution in [-0.2, 0) is 18.4 Å². The molecule has 9 heteroatoms. The average molecular weight is 1110 g/mol. The fraction of sp³-hybridized carbons (Fsp3) is 0.725. The Balaban J connectivity index is 4.25. The van der Waals surface area contributed by atoms with Crippen LogP contribution in [-0.4, -0.2) is 73.4 Å². The molecule has 78 heavy (non-hydrogen) atoms. The molecule has 0 spiro atoms. The van der Waals surface area contributed by atoms with Crippen molar-refractivity contribution in [1.82, 2.24) is 5.32 Å². The number of phosphoric ester groups is 1. The Morgan fingerprint density at radius 1 is 0.449 bits per heavy atom. The molecular weight excluding hydrogens is 984 g/mol. The number of amides is 1. The van der Waals surface area contributed by atoms with Gasteiger partial charge in [-0.2, -0.15) is 0 Å². The topological polar surface area (TPSA) is 105 Å². The molecule has 0 aromatic carbocycles. The third-order valence-electron chi connectivity index (χ3n) is 14.0. The van der Waals surface area contributed by atoms with Crippen LogP contribution in [0.2, 0.25) is 0 Å². The summed E-state index contributed by atoms with van der Waals surface area (Å²) in [6, 6.07) is -0.870. The van der Waals surface area contributed by atoms with Gasteiger partial charge in [0.05, 0.1) is 39.9 Å². The Kier molecular flexibility index (Phi) is 56.7. The van der Waals surface area contributed by atoms with Gasteiger partial charge in [-0.3, -0.25) is 13.8 Å². The Bertz CT molecular complexity index is 1640. The maximum atomic E-state index is 13.0. The number of aliphatic hydroxyl groups is 1. The SMILES string of the molecule is CC/C=C\C/C=C\C/C=C\C/C=C\C/C=C\C/C=C\C/C=C\C/C=C\CCCCCCC(=O)NC(COP(=O)(O)OCC[N+](C)(C)C)C(O)/C=C/CCCCCCCCCCCCCCCCCCCCCCCCCCC. The second kappa shape index (κ2) is 58.8. The van der Waals surface area contributed by atoms with Gasteiger partial charge in [-0.1, -0.05) is 290 Å². The number of carbonyl (C=O) groups is 1. The van der Waals surface area contributed by atoms with Gasteiger partial charge in [0.1, 0.15) is 13.2 Å². The summed E-state index contributed by atoms with van der Waals surface area (Å²) in [6.45, 7) is 4.70. The van der Waals surface area contributed by atoms with Crippen LogP contribution in [0.15, 0.2) is 109 Å². The van der Waals surface area contributed by atoms with E-state index in [1.54, 1.807) is 6.08 Å². The van der Waals surface area contributed by atoms with Crippen LogP contribution >= 0.6 is 7.82 Å². The second-order valence-electron chi connectivity index (χ2n) is 22.8. The van der Waals surface area contributed by atoms with Gasteiger partial charge in [0.15, 0.2) is 0 Å². The first-order valence-electron chi connectivity index (χ1n) is 32.3. The third kappa shape index (κ3) is 60.8. The number of allylic oxidation sites excluding steroid dienone is 17. The summed E-state index contributed by atoms with van der Waals surface area (Å²) in [4.78, 5) is 23.4. The van der Waals surface area contributed by atoms with E-state index in [1.165, 1.54) is 148 Å². The number of quaternary nitrogens is 1. The molecule has 8 nitrogen and oxygen atoms in total. The Morgan fingerprint density at radius 2 is 0.769 bits per heavy atom. The molecule has 0 aliphatic heterocycles. The quantitative estimate of drug-likeness (QED) is 0.0243. The van der Waals surface area contributed by atoms with Crippen molar-refractivity contribution >= 4 is 13.7 Å². The van der Waals surface area contributed by atoms with Gasteiger partial charge in [0, 0.05) is 6.42 Å². The van der Waals surface area contributed by atoms with E-state index in [1.807, 2.05) is 27.2 Å². The second-order valence-corrected chi connectivity index (χ2v) is 24.2. The summed E-state index contributed by atoms with van der Waals surface area (Å²) < 4.78 is 23.8. The first-order chi connectivity index (χ1) is 38.0. The van der Waals surface area contributed by atoms with Gasteiger partial charge in [-0.25, -0.2) is 4.57 Å². The van der Waals surface area contributed by atoms with Crippen LogP contribution in [0.4, 0.5) is 0 Å². The zero-order valence-corrected chi connectivity index (χ0v) is 52.3. The molecule has 3 unspecified atom stereocenters. The molecule has 0 fully saturated rings. The molecule has 0 radical (unpaired) electrons. The van der Waals surface area contributed by atoms with E-state index >= 15 is 0 Å². The van der Waals surface area contributed by atoms with Crippen molar-refractivity contribution in [2.45, 2.75) is 283 Å². The number of likely N-dealkylation sites (N-methyl/N-ethyl adjacent to an activating group) is 1. The molecule has 0 aliphatic carbocycles. The van der Waals surface area contributed by atoms with Gasteiger partial charge in [-0.15, -0.1) is 0 Å². The molecule has 450 valence electrons. The molecule has 3 atom stereocenters. The first kappa shape index (κ1) is 75.2. The van der Waals surface area contributed by atoms with Gasteiger partial charge < -0.3 is 19.8 Å². The van der Waals surface area contributed by atoms with Crippen molar-refractivity contribution in [2.24, 2.45) is 0 Å². The summed E-state index contributed by atoms with van der Waals surface area (Å²) in [5, 5.41) is 14.0. The Labute approximate surface area is 482 Å². The number of carbonyl (C=O) groups excluding carboxylic acids is 1. The van der Waals surface area contributed by atoms with E-state index < -0.39 is 20.0 Å². The van der Waals surface area contributed by atoms with E-state index in [-0.39, 0.29) is 19.1 Å². The summed E-state index contributed by atoms with van der Waals surface area (Å²) >= 11 is 0. The summed E-state index contributed by atoms with van der Waals surface area (Å²) in [6.07, 6.45) is 86.4. The lowest BCUT2D eigenvalue weighted by Crippen LogP contribution is -2.45. The number of hydrogen-bond donors (Lipinski definition) is 3. The van der Waals surface area contributed by atoms with Gasteiger partial charge in [0.2, 0.25) is 5.91 Å². The maximum absolute atomic E-state index is 13.0. The Hall–Kier alpha value is -2.84. The standard InChI is InChI=1S/C69H123N2O6P/c1-6-8-10-12-14-16-18-20-22-24-26-28-30-32-34-35-37-39-41-43-45-47-49-51-53-55-57-59-61-63-69(73)70-67(66-77-78(74,75)76-65-64-71(3,4)5)68(72)62-60-58-56-54-52-50-48-46-44-42-40-38-36-33-31-29-27-25-23-21-19-17-15-13-11-9-7-2/h8,10,14,16,20,22,26,28,32,34,37,39,43,45,49,51,60,62,67-68,72H,6-7,9,11-13,15,17-19,21,23-25,27,29-31,33,35-36,38,40-42,44,46-48,50,52-59,61,63-66H2,1-5H3,(H-,70,73,74,75)/p+1/b10-8-,16-14-,22-20-,28-26-,34-32-,39-37-,45-43-,51-49-,62-60+. The smallest absolute Gasteiger partial charge is 0.387 e. The van der Waals surface area contributed by atoms with Crippen LogP contribution in [0.3, 0.4) is 0 Å². The lowest BCUT2D eigenvalue weighted by Gasteiger charge is -2.25. The highest BCUT2D eigenvalue weighted by Gasteiger charge is 2.27. The molecule has 3 N–H and O–H groups in total. The van der Waals surface area contributed by atoms with Crippen molar-refractivity contribution in [3.8, 4) is 0 Å². The third-order valence-corrected chi connectivity index (χ3v) is 15.0. The number of aliphatic hydroxyl groups excluding tert-OH is 1. The molecule has 0 rings (SSSR count). The maximum Gasteiger partial charge on any atom is 0.472 e. The molecule has 0 saturated heterocycles. The zero-order valence-electron chi connectivity index (χ0n) is 51.4. The molecular formula is C69H124N2O6P+. The van der Waals surface area contributed by atoms with Crippen molar-refractivity contribution in [2.75, 3.05) is 40.9 Å². The number of rotatable bonds is 58. The molecule has 0 bridgehead atoms. The minimum absolute atomic E-state index is 0.0505. The molecule has 1 amide bonds. The van der Waals surface area contributed by atoms with E-state index in [4.69, 9.17) is 9.05 Å². The molecule has 0 aromatic rings. The van der Waals surface area contributed by atoms with Crippen LogP contribution in [0, 0.1) is 0 Å². The van der Waals surface area contributed by atoms with Crippen molar-refractivity contribution in [3.05, 3.63) is 109 Å². The summed E-state index contributed by atoms with van der Waals surface area (Å²) in [7, 11) is 1.54. The van der Waals surface area contributed by atoms with Gasteiger partial charge in [-0.05, 0) is 83.5 Å². The van der Waals surface area contributed by atoms with Crippen LogP contribution < -0.4 is 5.32 Å². The summed E-state index contributed by atoms with van der Waals surface area (Å²) in [5.74, 6) is -0.203. The van der Waals surface area contributed by atoms with E-state index in [0.29, 0.717) is 17.4 Å². The normalized spacial score (nSPS) is 14.5. The number of nitrogens with zero attached hydrogens (tertiary/aromatic N) is 1. The van der Waals surface area contributed by atoms with E-state index in [9.17, 15) is 19.4 Å². The number of unbranched alkanes of at least 4 members (excludes halogenated alkanes) is 29. The first-order valence-corrected chi connectivity index (χ1v) is 33.8. The lowest BCUT2D eigenvalue weighted by molar-refractivity contribution is -0.870. The molecule has 0 saturated carbocycles.